The van der Waals surface area contributed by atoms with Crippen LogP contribution in [0, 0.1) is 0 Å². The van der Waals surface area contributed by atoms with Gasteiger partial charge in [-0.25, -0.2) is 9.67 Å². The Morgan fingerprint density at radius 2 is 1.88 bits per heavy atom. The third-order valence-electron chi connectivity index (χ3n) is 7.20. The van der Waals surface area contributed by atoms with Gasteiger partial charge in [0.15, 0.2) is 5.65 Å². The molecule has 4 heterocycles. The second-order valence-corrected chi connectivity index (χ2v) is 11.0. The molecule has 42 heavy (non-hydrogen) atoms. The molecule has 10 nitrogen and oxygen atoms in total. The van der Waals surface area contributed by atoms with Gasteiger partial charge in [-0.15, -0.1) is 5.10 Å². The summed E-state index contributed by atoms with van der Waals surface area (Å²) in [5, 5.41) is 18.6. The number of rotatable bonds is 6. The van der Waals surface area contributed by atoms with Gasteiger partial charge < -0.3 is 10.2 Å². The van der Waals surface area contributed by atoms with Crippen molar-refractivity contribution in [1.29, 1.82) is 0 Å². The number of hydrogen-bond donors (Lipinski definition) is 2. The first kappa shape index (κ1) is 28.0. The number of nitrogens with zero attached hydrogens (tertiary/aromatic N) is 7. The van der Waals surface area contributed by atoms with Crippen LogP contribution in [0.4, 0.5) is 18.9 Å². The van der Waals surface area contributed by atoms with Gasteiger partial charge in [0.1, 0.15) is 5.69 Å². The molecule has 1 fully saturated rings. The zero-order valence-corrected chi connectivity index (χ0v) is 23.9. The topological polar surface area (TPSA) is 108 Å². The predicted octanol–water partition coefficient (Wildman–Crippen LogP) is 4.99. The lowest BCUT2D eigenvalue weighted by atomic mass is 10.0. The molecule has 1 aliphatic heterocycles. The Labute approximate surface area is 246 Å². The molecule has 1 saturated heterocycles. The molecule has 216 valence electrons. The zero-order valence-electron chi connectivity index (χ0n) is 22.4. The van der Waals surface area contributed by atoms with Crippen LogP contribution < -0.4 is 5.32 Å². The summed E-state index contributed by atoms with van der Waals surface area (Å²) in [5.41, 5.74) is 2.19. The van der Waals surface area contributed by atoms with E-state index in [0.29, 0.717) is 34.6 Å². The molecule has 1 aliphatic rings. The number of halogens is 4. The van der Waals surface area contributed by atoms with E-state index in [1.165, 1.54) is 16.8 Å². The number of pyridine rings is 1. The van der Waals surface area contributed by atoms with Gasteiger partial charge in [-0.1, -0.05) is 11.3 Å². The lowest BCUT2D eigenvalue weighted by molar-refractivity contribution is -0.138. The average Bonchev–Trinajstić information content (AvgIpc) is 3.64. The molecule has 0 radical (unpaired) electrons. The Morgan fingerprint density at radius 1 is 1.07 bits per heavy atom. The third-order valence-corrected chi connectivity index (χ3v) is 7.87. The minimum Gasteiger partial charge on any atom is -0.322 e. The Hall–Kier alpha value is -4.14. The Balaban J connectivity index is 1.22. The third kappa shape index (κ3) is 5.91. The van der Waals surface area contributed by atoms with Crippen LogP contribution in [0.1, 0.15) is 21.5 Å². The number of aromatic amines is 1. The number of hydrogen-bond acceptors (Lipinski definition) is 7. The molecule has 0 atom stereocenters. The second-order valence-electron chi connectivity index (χ2n) is 10.1. The van der Waals surface area contributed by atoms with Crippen molar-refractivity contribution in [3.05, 3.63) is 82.2 Å². The Bertz CT molecular complexity index is 1760. The highest BCUT2D eigenvalue weighted by Gasteiger charge is 2.34. The van der Waals surface area contributed by atoms with Gasteiger partial charge >= 0.3 is 6.18 Å². The molecule has 6 rings (SSSR count). The molecule has 2 N–H and O–H groups in total. The fourth-order valence-corrected chi connectivity index (χ4v) is 5.25. The van der Waals surface area contributed by atoms with Crippen LogP contribution >= 0.6 is 15.9 Å². The molecule has 1 amide bonds. The summed E-state index contributed by atoms with van der Waals surface area (Å²) in [4.78, 5) is 21.6. The highest BCUT2D eigenvalue weighted by molar-refractivity contribution is 9.10. The van der Waals surface area contributed by atoms with Crippen LogP contribution in [-0.2, 0) is 12.7 Å². The monoisotopic (exact) mass is 639 g/mol. The number of nitrogens with one attached hydrogen (secondary N) is 2. The maximum absolute atomic E-state index is 14.0. The summed E-state index contributed by atoms with van der Waals surface area (Å²) in [7, 11) is 1.99. The predicted molar refractivity (Wildman–Crippen MR) is 154 cm³/mol. The van der Waals surface area contributed by atoms with E-state index in [1.807, 2.05) is 18.0 Å². The van der Waals surface area contributed by atoms with Gasteiger partial charge in [0.25, 0.3) is 5.91 Å². The number of amides is 1. The van der Waals surface area contributed by atoms with E-state index in [1.54, 1.807) is 36.8 Å². The summed E-state index contributed by atoms with van der Waals surface area (Å²) < 4.78 is 44.2. The lowest BCUT2D eigenvalue weighted by Crippen LogP contribution is -2.44. The smallest absolute Gasteiger partial charge is 0.322 e. The lowest BCUT2D eigenvalue weighted by Gasteiger charge is -2.33. The summed E-state index contributed by atoms with van der Waals surface area (Å²) in [6.45, 7) is 3.19. The van der Waals surface area contributed by atoms with Crippen molar-refractivity contribution in [1.82, 2.24) is 40.0 Å². The minimum absolute atomic E-state index is 0.0594. The van der Waals surface area contributed by atoms with Gasteiger partial charge in [-0.2, -0.15) is 18.3 Å². The average molecular weight is 640 g/mol. The number of alkyl halides is 3. The molecule has 0 unspecified atom stereocenters. The van der Waals surface area contributed by atoms with E-state index < -0.39 is 17.6 Å². The number of H-pyrrole nitrogens is 1. The maximum atomic E-state index is 14.0. The largest absolute Gasteiger partial charge is 0.416 e. The maximum Gasteiger partial charge on any atom is 0.416 e. The van der Waals surface area contributed by atoms with Crippen molar-refractivity contribution < 1.29 is 18.0 Å². The SMILES string of the molecule is CN1CCN(Cc2ccc(NC(=O)c3ccc(Br)c(-n4cc(-c5cnc6[nH]ncc6c5)nn4)c3)cc2C(F)(F)F)CC1. The van der Waals surface area contributed by atoms with Gasteiger partial charge in [-0.3, -0.25) is 14.8 Å². The van der Waals surface area contributed by atoms with Crippen LogP contribution in [0.3, 0.4) is 0 Å². The molecular formula is C28H25BrF3N9O. The van der Waals surface area contributed by atoms with Crippen molar-refractivity contribution >= 4 is 38.6 Å². The summed E-state index contributed by atoms with van der Waals surface area (Å²) >= 11 is 3.48. The van der Waals surface area contributed by atoms with Gasteiger partial charge in [-0.05, 0) is 64.9 Å². The summed E-state index contributed by atoms with van der Waals surface area (Å²) in [6, 6.07) is 10.7. The first-order valence-corrected chi connectivity index (χ1v) is 13.9. The molecule has 5 aromatic rings. The number of carbonyl (C=O) groups excluding carboxylic acids is 1. The standard InChI is InChI=1S/C28H25BrF3N9O/c1-39-6-8-40(9-7-39)15-18-2-4-21(12-22(18)28(30,31)32)35-27(42)17-3-5-23(29)25(11-17)41-16-24(36-38-41)19-10-20-14-34-37-26(20)33-13-19/h2-5,10-14,16H,6-9,15H2,1H3,(H,35,42)(H,33,34,37). The van der Waals surface area contributed by atoms with Gasteiger partial charge in [0.05, 0.1) is 23.6 Å². The fourth-order valence-electron chi connectivity index (χ4n) is 4.83. The van der Waals surface area contributed by atoms with Crippen LogP contribution in [0.2, 0.25) is 0 Å². The number of likely N-dealkylation sites (N-methyl/N-ethyl adjacent to an activating group) is 1. The van der Waals surface area contributed by atoms with Crippen molar-refractivity contribution in [3.8, 4) is 16.9 Å². The zero-order chi connectivity index (χ0) is 29.4. The molecule has 0 aliphatic carbocycles. The van der Waals surface area contributed by atoms with Crippen LogP contribution in [0.25, 0.3) is 28.0 Å². The van der Waals surface area contributed by atoms with E-state index >= 15 is 0 Å². The van der Waals surface area contributed by atoms with Crippen molar-refractivity contribution in [3.63, 3.8) is 0 Å². The molecule has 3 aromatic heterocycles. The number of carbonyl (C=O) groups is 1. The number of anilines is 1. The van der Waals surface area contributed by atoms with Crippen LogP contribution in [0.5, 0.6) is 0 Å². The van der Waals surface area contributed by atoms with Crippen LogP contribution in [-0.4, -0.2) is 79.1 Å². The minimum atomic E-state index is -4.56. The first-order valence-electron chi connectivity index (χ1n) is 13.1. The Kier molecular flexibility index (Phi) is 7.51. The van der Waals surface area contributed by atoms with Crippen molar-refractivity contribution in [2.24, 2.45) is 0 Å². The van der Waals surface area contributed by atoms with E-state index in [0.717, 1.165) is 30.1 Å². The molecule has 2 aromatic carbocycles. The van der Waals surface area contributed by atoms with Crippen molar-refractivity contribution in [2.75, 3.05) is 38.5 Å². The summed E-state index contributed by atoms with van der Waals surface area (Å²) in [5.74, 6) is -0.557. The summed E-state index contributed by atoms with van der Waals surface area (Å²) in [6.07, 6.45) is 0.447. The van der Waals surface area contributed by atoms with E-state index in [2.05, 4.69) is 51.6 Å². The number of benzene rings is 2. The number of fused-ring (bicyclic) bond motifs is 1. The normalized spacial score (nSPS) is 14.9. The molecule has 0 bridgehead atoms. The van der Waals surface area contributed by atoms with E-state index in [-0.39, 0.29) is 23.4 Å². The van der Waals surface area contributed by atoms with E-state index in [4.69, 9.17) is 0 Å². The first-order chi connectivity index (χ1) is 20.1. The quantitative estimate of drug-likeness (QED) is 0.270. The van der Waals surface area contributed by atoms with Gasteiger partial charge in [0.2, 0.25) is 0 Å². The van der Waals surface area contributed by atoms with Gasteiger partial charge in [0, 0.05) is 65.6 Å². The number of aromatic nitrogens is 6. The highest BCUT2D eigenvalue weighted by Crippen LogP contribution is 2.35. The Morgan fingerprint density at radius 3 is 2.67 bits per heavy atom. The molecule has 0 spiro atoms. The van der Waals surface area contributed by atoms with Crippen molar-refractivity contribution in [2.45, 2.75) is 12.7 Å². The van der Waals surface area contributed by atoms with Crippen LogP contribution in [0.15, 0.2) is 65.5 Å². The molecule has 0 saturated carbocycles. The number of piperazine rings is 1. The fraction of sp³-hybridized carbons (Fsp3) is 0.250. The van der Waals surface area contributed by atoms with E-state index in [9.17, 15) is 18.0 Å². The molecule has 14 heteroatoms. The second kappa shape index (κ2) is 11.3. The molecular weight excluding hydrogens is 615 g/mol. The highest BCUT2D eigenvalue weighted by atomic mass is 79.9.